The van der Waals surface area contributed by atoms with Crippen molar-refractivity contribution in [2.45, 2.75) is 83.1 Å². The Morgan fingerprint density at radius 3 is 0.755 bits per heavy atom. The van der Waals surface area contributed by atoms with Gasteiger partial charge in [-0.2, -0.15) is 0 Å². The molecule has 7 rings (SSSR count). The molecule has 0 atom stereocenters. The second-order valence-corrected chi connectivity index (χ2v) is 18.2. The standard InChI is InChI=1S/C44H46B2S3/c1-23-13-27(5)39(28(6)14-23)45(40-29(7)15-24(2)16-30(40)8)37-21-35-43(48-37)44-36(47-35)22-38(49-44)46(41-31(9)17-25(3)18-32(41)10)42-33(11)19-26(4)20-34(42)12/h13-22H,1-12H3. The molecule has 0 unspecified atom stereocenters. The summed E-state index contributed by atoms with van der Waals surface area (Å²) in [5.74, 6) is 0. The van der Waals surface area contributed by atoms with E-state index in [0.29, 0.717) is 0 Å². The van der Waals surface area contributed by atoms with Crippen molar-refractivity contribution in [3.63, 3.8) is 0 Å². The van der Waals surface area contributed by atoms with Crippen molar-refractivity contribution in [3.8, 4) is 0 Å². The van der Waals surface area contributed by atoms with Crippen molar-refractivity contribution in [1.82, 2.24) is 0 Å². The van der Waals surface area contributed by atoms with Gasteiger partial charge >= 0.3 is 0 Å². The van der Waals surface area contributed by atoms with E-state index in [4.69, 9.17) is 0 Å². The fourth-order valence-electron chi connectivity index (χ4n) is 9.10. The lowest BCUT2D eigenvalue weighted by Gasteiger charge is -2.23. The van der Waals surface area contributed by atoms with Gasteiger partial charge in [-0.3, -0.25) is 0 Å². The molecule has 3 aromatic heterocycles. The smallest absolute Gasteiger partial charge is 0.147 e. The van der Waals surface area contributed by atoms with E-state index in [2.05, 4.69) is 144 Å². The molecule has 0 saturated heterocycles. The SMILES string of the molecule is Cc1cc(C)c(B(c2cc3sc4cc(B(c5c(C)cc(C)cc5C)c5c(C)cc(C)cc5C)sc4c3s2)c2c(C)cc(C)cc2C)c(C)c1. The first-order valence-electron chi connectivity index (χ1n) is 17.5. The average molecular weight is 693 g/mol. The molecule has 0 nitrogen and oxygen atoms in total. The van der Waals surface area contributed by atoms with Crippen LogP contribution in [0.3, 0.4) is 0 Å². The van der Waals surface area contributed by atoms with Crippen LogP contribution in [0.5, 0.6) is 0 Å². The summed E-state index contributed by atoms with van der Waals surface area (Å²) >= 11 is 6.04. The Morgan fingerprint density at radius 2 is 0.531 bits per heavy atom. The maximum absolute atomic E-state index is 2.53. The predicted molar refractivity (Wildman–Crippen MR) is 227 cm³/mol. The van der Waals surface area contributed by atoms with Gasteiger partial charge in [0.1, 0.15) is 0 Å². The molecular formula is C44H46B2S3. The highest BCUT2D eigenvalue weighted by molar-refractivity contribution is 7.44. The van der Waals surface area contributed by atoms with E-state index in [9.17, 15) is 0 Å². The van der Waals surface area contributed by atoms with Gasteiger partial charge in [-0.25, -0.2) is 0 Å². The minimum absolute atomic E-state index is 0.212. The van der Waals surface area contributed by atoms with Crippen LogP contribution in [0.1, 0.15) is 66.8 Å². The molecule has 0 fully saturated rings. The Bertz CT molecular complexity index is 2060. The number of aryl methyl sites for hydroxylation is 12. The Hall–Kier alpha value is -3.37. The Labute approximate surface area is 306 Å². The summed E-state index contributed by atoms with van der Waals surface area (Å²) in [5.41, 5.74) is 22.3. The van der Waals surface area contributed by atoms with Gasteiger partial charge in [0.05, 0.1) is 9.40 Å². The van der Waals surface area contributed by atoms with Crippen LogP contribution < -0.4 is 31.4 Å². The zero-order valence-electron chi connectivity index (χ0n) is 31.2. The van der Waals surface area contributed by atoms with Gasteiger partial charge in [0.15, 0.2) is 0 Å². The van der Waals surface area contributed by atoms with Gasteiger partial charge in [0, 0.05) is 9.40 Å². The van der Waals surface area contributed by atoms with E-state index in [-0.39, 0.29) is 13.4 Å². The molecule has 0 spiro atoms. The minimum atomic E-state index is 0.212. The van der Waals surface area contributed by atoms with E-state index < -0.39 is 0 Å². The number of rotatable bonds is 6. The molecule has 4 aromatic carbocycles. The third-order valence-corrected chi connectivity index (χ3v) is 14.4. The average Bonchev–Trinajstić information content (AvgIpc) is 3.64. The van der Waals surface area contributed by atoms with Gasteiger partial charge in [-0.15, -0.1) is 34.0 Å². The molecular weight excluding hydrogens is 646 g/mol. The van der Waals surface area contributed by atoms with Crippen LogP contribution in [0.4, 0.5) is 0 Å². The van der Waals surface area contributed by atoms with Gasteiger partial charge < -0.3 is 0 Å². The maximum atomic E-state index is 2.53. The molecule has 0 aliphatic heterocycles. The molecule has 0 saturated carbocycles. The first kappa shape index (κ1) is 34.1. The Kier molecular flexibility index (Phi) is 8.87. The third-order valence-electron chi connectivity index (χ3n) is 10.5. The highest BCUT2D eigenvalue weighted by Crippen LogP contribution is 2.40. The summed E-state index contributed by atoms with van der Waals surface area (Å²) in [7, 11) is 0. The molecule has 7 aromatic rings. The van der Waals surface area contributed by atoms with Crippen molar-refractivity contribution in [3.05, 3.63) is 127 Å². The number of thiophene rings is 3. The summed E-state index contributed by atoms with van der Waals surface area (Å²) in [5, 5.41) is 0. The minimum Gasteiger partial charge on any atom is -0.147 e. The number of hydrogen-bond donors (Lipinski definition) is 0. The topological polar surface area (TPSA) is 0 Å². The normalized spacial score (nSPS) is 11.7. The van der Waals surface area contributed by atoms with Crippen molar-refractivity contribution >= 4 is 97.6 Å². The molecule has 246 valence electrons. The molecule has 0 aliphatic carbocycles. The molecule has 0 amide bonds. The number of benzene rings is 4. The van der Waals surface area contributed by atoms with E-state index in [1.165, 1.54) is 117 Å². The van der Waals surface area contributed by atoms with Gasteiger partial charge in [0.25, 0.3) is 13.4 Å². The van der Waals surface area contributed by atoms with Crippen LogP contribution in [0, 0.1) is 83.1 Å². The molecule has 5 heteroatoms. The zero-order chi connectivity index (χ0) is 35.0. The maximum Gasteiger partial charge on any atom is 0.255 e. The summed E-state index contributed by atoms with van der Waals surface area (Å²) < 4.78 is 8.66. The van der Waals surface area contributed by atoms with Gasteiger partial charge in [-0.05, 0) is 105 Å². The van der Waals surface area contributed by atoms with Crippen LogP contribution in [0.15, 0.2) is 60.7 Å². The predicted octanol–water partition coefficient (Wildman–Crippen LogP) is 8.91. The summed E-state index contributed by atoms with van der Waals surface area (Å²) in [6.07, 6.45) is 0. The quantitative estimate of drug-likeness (QED) is 0.153. The summed E-state index contributed by atoms with van der Waals surface area (Å²) in [4.78, 5) is 0. The second kappa shape index (κ2) is 12.7. The summed E-state index contributed by atoms with van der Waals surface area (Å²) in [6.45, 7) is 27.8. The third kappa shape index (κ3) is 5.96. The fraction of sp³-hybridized carbons (Fsp3) is 0.273. The Morgan fingerprint density at radius 1 is 0.306 bits per heavy atom. The van der Waals surface area contributed by atoms with Crippen LogP contribution in [0.25, 0.3) is 18.8 Å². The summed E-state index contributed by atoms with van der Waals surface area (Å²) in [6, 6.07) is 24.0. The molecule has 49 heavy (non-hydrogen) atoms. The first-order chi connectivity index (χ1) is 23.2. The largest absolute Gasteiger partial charge is 0.255 e. The van der Waals surface area contributed by atoms with Crippen LogP contribution >= 0.6 is 34.0 Å². The lowest BCUT2D eigenvalue weighted by atomic mass is 9.37. The number of hydrogen-bond acceptors (Lipinski definition) is 3. The van der Waals surface area contributed by atoms with Crippen molar-refractivity contribution < 1.29 is 0 Å². The monoisotopic (exact) mass is 692 g/mol. The van der Waals surface area contributed by atoms with E-state index in [0.717, 1.165) is 0 Å². The Balaban J connectivity index is 1.45. The molecule has 3 heterocycles. The van der Waals surface area contributed by atoms with Crippen LogP contribution in [-0.2, 0) is 0 Å². The molecule has 0 aliphatic rings. The van der Waals surface area contributed by atoms with Crippen molar-refractivity contribution in [2.75, 3.05) is 0 Å². The second-order valence-electron chi connectivity index (χ2n) is 14.9. The zero-order valence-corrected chi connectivity index (χ0v) is 33.6. The first-order valence-corrected chi connectivity index (χ1v) is 19.9. The molecule has 0 radical (unpaired) electrons. The van der Waals surface area contributed by atoms with Gasteiger partial charge in [0.2, 0.25) is 0 Å². The van der Waals surface area contributed by atoms with Crippen molar-refractivity contribution in [1.29, 1.82) is 0 Å². The van der Waals surface area contributed by atoms with E-state index in [1.807, 2.05) is 34.0 Å². The van der Waals surface area contributed by atoms with Crippen molar-refractivity contribution in [2.24, 2.45) is 0 Å². The van der Waals surface area contributed by atoms with E-state index >= 15 is 0 Å². The van der Waals surface area contributed by atoms with Gasteiger partial charge in [-0.1, -0.05) is 137 Å². The molecule has 0 bridgehead atoms. The molecule has 0 N–H and O–H groups in total. The highest BCUT2D eigenvalue weighted by atomic mass is 32.1. The van der Waals surface area contributed by atoms with E-state index in [1.54, 1.807) is 0 Å². The van der Waals surface area contributed by atoms with Crippen LogP contribution in [-0.4, -0.2) is 13.4 Å². The lowest BCUT2D eigenvalue weighted by Crippen LogP contribution is -2.54. The highest BCUT2D eigenvalue weighted by Gasteiger charge is 2.33. The lowest BCUT2D eigenvalue weighted by molar-refractivity contribution is 1.34. The van der Waals surface area contributed by atoms with Crippen LogP contribution in [0.2, 0.25) is 0 Å². The number of fused-ring (bicyclic) bond motifs is 3. The fourth-order valence-corrected chi connectivity index (χ4v) is 13.4.